The second-order valence-electron chi connectivity index (χ2n) is 2.23. The van der Waals surface area contributed by atoms with Crippen LogP contribution in [0.4, 0.5) is 0 Å². The number of rotatable bonds is 1. The fourth-order valence-electron chi connectivity index (χ4n) is 0.625. The molecule has 0 fully saturated rings. The van der Waals surface area contributed by atoms with Gasteiger partial charge in [-0.3, -0.25) is 0 Å². The van der Waals surface area contributed by atoms with Gasteiger partial charge in [0.05, 0.1) is 0 Å². The molecule has 1 aromatic carbocycles. The molecule has 1 rings (SSSR count). The van der Waals surface area contributed by atoms with E-state index in [2.05, 4.69) is 0 Å². The molecule has 1 aromatic rings. The second-order valence-corrected chi connectivity index (χ2v) is 3.13. The molecule has 11 heteroatoms. The van der Waals surface area contributed by atoms with Gasteiger partial charge in [0, 0.05) is 0 Å². The Kier molecular flexibility index (Phi) is 23.9. The summed E-state index contributed by atoms with van der Waals surface area (Å²) in [5.74, 6) is 0. The molecule has 0 aliphatic carbocycles. The number of benzene rings is 1. The summed E-state index contributed by atoms with van der Waals surface area (Å²) in [4.78, 5) is 25.6. The van der Waals surface area contributed by atoms with Crippen LogP contribution in [0.15, 0.2) is 30.3 Å². The van der Waals surface area contributed by atoms with Crippen molar-refractivity contribution >= 4 is 20.4 Å². The third-order valence-electron chi connectivity index (χ3n) is 1.10. The Hall–Kier alpha value is 2.31. The Morgan fingerprint density at radius 2 is 1.24 bits per heavy atom. The molecule has 0 radical (unpaired) electrons. The predicted molar refractivity (Wildman–Crippen MR) is 43.9 cm³/mol. The van der Waals surface area contributed by atoms with Gasteiger partial charge in [0.2, 0.25) is 0 Å². The van der Waals surface area contributed by atoms with Crippen molar-refractivity contribution in [3.05, 3.63) is 30.3 Å². The summed E-state index contributed by atoms with van der Waals surface area (Å²) in [5.41, 5.74) is 0.525. The standard InChI is InChI=1S/C6H7BO2.3Na.H3O4P/c8-7(9)6-4-2-1-3-5-6;;;;1-5(2,3)4/h1-5,8-9H;;;;(H3,1,2,3,4)/q;3*+1;/p-3. The van der Waals surface area contributed by atoms with E-state index in [1.807, 2.05) is 6.07 Å². The topological polar surface area (TPSA) is 127 Å². The van der Waals surface area contributed by atoms with Crippen LogP contribution in [0, 0.1) is 0 Å². The van der Waals surface area contributed by atoms with Crippen molar-refractivity contribution in [2.75, 3.05) is 0 Å². The van der Waals surface area contributed by atoms with Crippen LogP contribution in [-0.2, 0) is 4.57 Å². The largest absolute Gasteiger partial charge is 1.00 e. The molecule has 0 amide bonds. The van der Waals surface area contributed by atoms with Crippen molar-refractivity contribution in [2.24, 2.45) is 0 Å². The first-order valence-corrected chi connectivity index (χ1v) is 4.91. The molecule has 0 unspecified atom stereocenters. The first-order valence-electron chi connectivity index (χ1n) is 3.45. The minimum atomic E-state index is -5.39. The van der Waals surface area contributed by atoms with Crippen LogP contribution in [0.1, 0.15) is 0 Å². The summed E-state index contributed by atoms with van der Waals surface area (Å²) in [7, 11) is -6.73. The van der Waals surface area contributed by atoms with E-state index in [0.717, 1.165) is 0 Å². The first-order chi connectivity index (χ1) is 6.30. The van der Waals surface area contributed by atoms with Crippen LogP contribution >= 0.6 is 7.82 Å². The predicted octanol–water partition coefficient (Wildman–Crippen LogP) is -12.4. The molecule has 78 valence electrons. The average molecular weight is 286 g/mol. The zero-order valence-corrected chi connectivity index (χ0v) is 16.8. The van der Waals surface area contributed by atoms with Gasteiger partial charge in [-0.25, -0.2) is 0 Å². The van der Waals surface area contributed by atoms with E-state index < -0.39 is 14.9 Å². The Bertz CT molecular complexity index is 300. The number of hydrogen-bond acceptors (Lipinski definition) is 6. The van der Waals surface area contributed by atoms with Gasteiger partial charge in [0.1, 0.15) is 0 Å². The average Bonchev–Trinajstić information content (AvgIpc) is 2.03. The molecule has 0 saturated carbocycles. The van der Waals surface area contributed by atoms with Crippen molar-refractivity contribution in [1.29, 1.82) is 0 Å². The van der Waals surface area contributed by atoms with E-state index in [1.54, 1.807) is 24.3 Å². The molecule has 0 atom stereocenters. The molecule has 6 nitrogen and oxygen atoms in total. The van der Waals surface area contributed by atoms with Gasteiger partial charge in [-0.2, -0.15) is 7.82 Å². The first kappa shape index (κ1) is 27.6. The van der Waals surface area contributed by atoms with Crippen molar-refractivity contribution < 1.29 is 118 Å². The van der Waals surface area contributed by atoms with E-state index in [0.29, 0.717) is 5.46 Å². The van der Waals surface area contributed by atoms with Gasteiger partial charge in [0.25, 0.3) is 0 Å². The van der Waals surface area contributed by atoms with Gasteiger partial charge in [-0.15, -0.1) is 0 Å². The van der Waals surface area contributed by atoms with Gasteiger partial charge in [-0.1, -0.05) is 30.3 Å². The number of phosphoric acid groups is 1. The molecule has 17 heavy (non-hydrogen) atoms. The normalized spacial score (nSPS) is 8.29. The van der Waals surface area contributed by atoms with Crippen molar-refractivity contribution in [2.45, 2.75) is 0 Å². The zero-order chi connectivity index (χ0) is 11.2. The maximum atomic E-state index is 8.58. The molecule has 2 N–H and O–H groups in total. The van der Waals surface area contributed by atoms with Crippen molar-refractivity contribution in [3.63, 3.8) is 0 Å². The minimum Gasteiger partial charge on any atom is -0.822 e. The van der Waals surface area contributed by atoms with Crippen molar-refractivity contribution in [1.82, 2.24) is 0 Å². The van der Waals surface area contributed by atoms with Gasteiger partial charge < -0.3 is 29.3 Å². The summed E-state index contributed by atoms with van der Waals surface area (Å²) >= 11 is 0. The van der Waals surface area contributed by atoms with Crippen LogP contribution in [0.3, 0.4) is 0 Å². The van der Waals surface area contributed by atoms with Crippen LogP contribution in [-0.4, -0.2) is 17.2 Å². The molecule has 0 aliphatic rings. The molecular weight excluding hydrogens is 279 g/mol. The van der Waals surface area contributed by atoms with E-state index in [-0.39, 0.29) is 88.7 Å². The fourth-order valence-corrected chi connectivity index (χ4v) is 0.625. The third kappa shape index (κ3) is 23.8. The van der Waals surface area contributed by atoms with Gasteiger partial charge in [0.15, 0.2) is 0 Å². The Morgan fingerprint density at radius 3 is 1.41 bits per heavy atom. The summed E-state index contributed by atoms with van der Waals surface area (Å²) < 4.78 is 8.55. The van der Waals surface area contributed by atoms with Gasteiger partial charge in [-0.05, 0) is 5.46 Å². The van der Waals surface area contributed by atoms with E-state index in [1.165, 1.54) is 0 Å². The van der Waals surface area contributed by atoms with Gasteiger partial charge >= 0.3 is 95.8 Å². The maximum absolute atomic E-state index is 8.58. The Balaban J connectivity index is -0.0000000948. The summed E-state index contributed by atoms with van der Waals surface area (Å²) in [6.07, 6.45) is 0. The summed E-state index contributed by atoms with van der Waals surface area (Å²) in [6.45, 7) is 0. The van der Waals surface area contributed by atoms with Crippen LogP contribution in [0.25, 0.3) is 0 Å². The summed E-state index contributed by atoms with van der Waals surface area (Å²) in [6, 6.07) is 8.66. The smallest absolute Gasteiger partial charge is 0.822 e. The SMILES string of the molecule is O=P([O-])([O-])[O-].OB(O)c1ccccc1.[Na+].[Na+].[Na+]. The Labute approximate surface area is 166 Å². The molecule has 0 heterocycles. The van der Waals surface area contributed by atoms with Crippen LogP contribution < -0.4 is 109 Å². The van der Waals surface area contributed by atoms with Crippen molar-refractivity contribution in [3.8, 4) is 0 Å². The Morgan fingerprint density at radius 1 is 0.941 bits per heavy atom. The minimum absolute atomic E-state index is 0. The molecule has 0 aliphatic heterocycles. The van der Waals surface area contributed by atoms with E-state index in [9.17, 15) is 0 Å². The van der Waals surface area contributed by atoms with Crippen LogP contribution in [0.2, 0.25) is 0 Å². The van der Waals surface area contributed by atoms with E-state index >= 15 is 0 Å². The quantitative estimate of drug-likeness (QED) is 0.390. The maximum Gasteiger partial charge on any atom is 1.00 e. The molecular formula is C6H7BNa3O6P. The molecule has 0 saturated heterocycles. The van der Waals surface area contributed by atoms with E-state index in [4.69, 9.17) is 29.3 Å². The van der Waals surface area contributed by atoms with Crippen LogP contribution in [0.5, 0.6) is 0 Å². The molecule has 0 aromatic heterocycles. The molecule has 0 spiro atoms. The zero-order valence-electron chi connectivity index (χ0n) is 9.94. The summed E-state index contributed by atoms with van der Waals surface area (Å²) in [5, 5.41) is 17.2. The fraction of sp³-hybridized carbons (Fsp3) is 0. The third-order valence-corrected chi connectivity index (χ3v) is 1.10. The monoisotopic (exact) mass is 286 g/mol. The second kappa shape index (κ2) is 14.7. The number of hydrogen-bond donors (Lipinski definition) is 2. The molecule has 0 bridgehead atoms.